The molecule has 0 aliphatic carbocycles. The van der Waals surface area contributed by atoms with Crippen molar-refractivity contribution in [2.75, 3.05) is 24.5 Å². The van der Waals surface area contributed by atoms with Gasteiger partial charge in [-0.05, 0) is 36.2 Å². The molecular weight excluding hydrogens is 459 g/mol. The number of pyridine rings is 1. The van der Waals surface area contributed by atoms with Crippen LogP contribution in [0.3, 0.4) is 0 Å². The average molecular weight is 485 g/mol. The Labute approximate surface area is 200 Å². The number of anilines is 1. The number of hydrogen-bond acceptors (Lipinski definition) is 7. The number of nitrogens with zero attached hydrogens (tertiary/aromatic N) is 4. The van der Waals surface area contributed by atoms with E-state index >= 15 is 0 Å². The summed E-state index contributed by atoms with van der Waals surface area (Å²) in [5.74, 6) is -0.576. The molecule has 0 radical (unpaired) electrons. The normalized spacial score (nSPS) is 14.5. The van der Waals surface area contributed by atoms with Gasteiger partial charge in [-0.3, -0.25) is 20.0 Å². The highest BCUT2D eigenvalue weighted by atomic mass is 32.1. The number of aromatic nitrogens is 2. The molecule has 34 heavy (non-hydrogen) atoms. The van der Waals surface area contributed by atoms with Gasteiger partial charge in [0.25, 0.3) is 5.91 Å². The highest BCUT2D eigenvalue weighted by Crippen LogP contribution is 2.29. The number of halogens is 1. The number of rotatable bonds is 9. The third-order valence-electron chi connectivity index (χ3n) is 5.34. The zero-order valence-electron chi connectivity index (χ0n) is 18.6. The third kappa shape index (κ3) is 5.74. The van der Waals surface area contributed by atoms with Crippen LogP contribution in [-0.4, -0.2) is 57.8 Å². The van der Waals surface area contributed by atoms with E-state index in [9.17, 15) is 19.1 Å². The monoisotopic (exact) mass is 484 g/mol. The van der Waals surface area contributed by atoms with E-state index in [-0.39, 0.29) is 24.3 Å². The first-order valence-electron chi connectivity index (χ1n) is 10.8. The molecule has 0 bridgehead atoms. The van der Waals surface area contributed by atoms with Crippen LogP contribution in [0.1, 0.15) is 26.5 Å². The molecule has 3 amide bonds. The first-order chi connectivity index (χ1) is 16.4. The van der Waals surface area contributed by atoms with Crippen molar-refractivity contribution in [2.45, 2.75) is 26.2 Å². The minimum absolute atomic E-state index is 0.0966. The van der Waals surface area contributed by atoms with E-state index in [2.05, 4.69) is 20.6 Å². The van der Waals surface area contributed by atoms with Crippen LogP contribution in [0.4, 0.5) is 14.3 Å². The number of amides is 3. The molecule has 1 saturated heterocycles. The van der Waals surface area contributed by atoms with E-state index in [1.54, 1.807) is 37.5 Å². The van der Waals surface area contributed by atoms with Crippen LogP contribution in [0.25, 0.3) is 0 Å². The molecular formula is C23H25FN6O3S. The Morgan fingerprint density at radius 1 is 1.21 bits per heavy atom. The first kappa shape index (κ1) is 23.7. The quantitative estimate of drug-likeness (QED) is 0.402. The summed E-state index contributed by atoms with van der Waals surface area (Å²) >= 11 is 1.16. The van der Waals surface area contributed by atoms with E-state index in [0.717, 1.165) is 22.5 Å². The Hall–Kier alpha value is -3.41. The number of β-amino-alcohol motifs (C(OH)–C–C–N with tert-alkyl or cyclic N) is 1. The second kappa shape index (κ2) is 10.7. The van der Waals surface area contributed by atoms with Crippen molar-refractivity contribution in [3.05, 3.63) is 76.3 Å². The van der Waals surface area contributed by atoms with E-state index < -0.39 is 6.23 Å². The van der Waals surface area contributed by atoms with Crippen molar-refractivity contribution < 1.29 is 19.1 Å². The highest BCUT2D eigenvalue weighted by molar-refractivity contribution is 7.17. The van der Waals surface area contributed by atoms with Crippen molar-refractivity contribution in [1.29, 1.82) is 0 Å². The molecule has 0 spiro atoms. The number of aryl methyl sites for hydroxylation is 1. The van der Waals surface area contributed by atoms with Crippen LogP contribution in [0, 0.1) is 12.7 Å². The lowest BCUT2D eigenvalue weighted by Gasteiger charge is -2.21. The van der Waals surface area contributed by atoms with Crippen LogP contribution < -0.4 is 15.5 Å². The summed E-state index contributed by atoms with van der Waals surface area (Å²) in [5.41, 5.74) is 2.26. The van der Waals surface area contributed by atoms with Gasteiger partial charge in [-0.1, -0.05) is 29.5 Å². The molecule has 0 saturated carbocycles. The lowest BCUT2D eigenvalue weighted by molar-refractivity contribution is 0.0954. The summed E-state index contributed by atoms with van der Waals surface area (Å²) in [4.78, 5) is 37.5. The minimum atomic E-state index is -0.944. The maximum Gasteiger partial charge on any atom is 0.326 e. The van der Waals surface area contributed by atoms with E-state index in [0.29, 0.717) is 41.9 Å². The summed E-state index contributed by atoms with van der Waals surface area (Å²) in [6.45, 7) is 3.36. The van der Waals surface area contributed by atoms with Crippen molar-refractivity contribution in [3.8, 4) is 0 Å². The second-order valence-corrected chi connectivity index (χ2v) is 8.84. The molecule has 1 aromatic carbocycles. The highest BCUT2D eigenvalue weighted by Gasteiger charge is 2.33. The number of aliphatic hydroxyl groups excluding tert-OH is 1. The fraction of sp³-hybridized carbons (Fsp3) is 0.304. The van der Waals surface area contributed by atoms with Gasteiger partial charge in [0.05, 0.1) is 12.2 Å². The van der Waals surface area contributed by atoms with E-state index in [4.69, 9.17) is 0 Å². The smallest absolute Gasteiger partial charge is 0.326 e. The lowest BCUT2D eigenvalue weighted by atomic mass is 10.2. The maximum absolute atomic E-state index is 13.0. The van der Waals surface area contributed by atoms with Gasteiger partial charge in [0.1, 0.15) is 16.9 Å². The van der Waals surface area contributed by atoms with Crippen LogP contribution in [0.15, 0.2) is 48.8 Å². The summed E-state index contributed by atoms with van der Waals surface area (Å²) in [5, 5.41) is 16.5. The predicted octanol–water partition coefficient (Wildman–Crippen LogP) is 2.27. The van der Waals surface area contributed by atoms with Crippen LogP contribution >= 0.6 is 11.3 Å². The van der Waals surface area contributed by atoms with E-state index in [1.165, 1.54) is 21.9 Å². The van der Waals surface area contributed by atoms with Gasteiger partial charge < -0.3 is 15.3 Å². The van der Waals surface area contributed by atoms with Gasteiger partial charge in [-0.2, -0.15) is 0 Å². The topological polar surface area (TPSA) is 111 Å². The van der Waals surface area contributed by atoms with Crippen molar-refractivity contribution in [2.24, 2.45) is 0 Å². The molecule has 3 N–H and O–H groups in total. The van der Waals surface area contributed by atoms with Crippen molar-refractivity contribution >= 4 is 28.4 Å². The Balaban J connectivity index is 1.31. The zero-order valence-corrected chi connectivity index (χ0v) is 19.4. The van der Waals surface area contributed by atoms with Crippen LogP contribution in [0.2, 0.25) is 0 Å². The summed E-state index contributed by atoms with van der Waals surface area (Å²) in [6.07, 6.45) is 2.41. The third-order valence-corrected chi connectivity index (χ3v) is 6.52. The maximum atomic E-state index is 13.0. The van der Waals surface area contributed by atoms with Crippen LogP contribution in [0.5, 0.6) is 0 Å². The molecule has 3 heterocycles. The predicted molar refractivity (Wildman–Crippen MR) is 126 cm³/mol. The van der Waals surface area contributed by atoms with Gasteiger partial charge in [0, 0.05) is 38.6 Å². The number of hydrogen-bond donors (Lipinski definition) is 3. The van der Waals surface area contributed by atoms with Gasteiger partial charge in [-0.15, -0.1) is 0 Å². The van der Waals surface area contributed by atoms with Crippen LogP contribution in [-0.2, 0) is 13.1 Å². The molecule has 2 aromatic heterocycles. The molecule has 1 fully saturated rings. The molecule has 4 rings (SSSR count). The van der Waals surface area contributed by atoms with Crippen molar-refractivity contribution in [3.63, 3.8) is 0 Å². The Kier molecular flexibility index (Phi) is 7.46. The molecule has 1 unspecified atom stereocenters. The largest absolute Gasteiger partial charge is 0.377 e. The minimum Gasteiger partial charge on any atom is -0.377 e. The number of thiazole rings is 1. The second-order valence-electron chi connectivity index (χ2n) is 7.86. The molecule has 3 aromatic rings. The van der Waals surface area contributed by atoms with Crippen molar-refractivity contribution in [1.82, 2.24) is 25.5 Å². The number of urea groups is 1. The SMILES string of the molecule is Cc1nc(N2CCN(CC(O)NCc3ccc(F)cc3)C2=O)sc1C(=O)NCc1cccnc1. The molecule has 9 nitrogen and oxygen atoms in total. The molecule has 1 aliphatic rings. The Bertz CT molecular complexity index is 1140. The van der Waals surface area contributed by atoms with Gasteiger partial charge in [0.15, 0.2) is 5.13 Å². The average Bonchev–Trinajstić information content (AvgIpc) is 3.40. The number of carbonyl (C=O) groups is 2. The standard InChI is InChI=1S/C23H25FN6O3S/c1-15-20(21(32)27-13-17-3-2-8-25-11-17)34-22(28-15)30-10-9-29(23(30)33)14-19(31)26-12-16-4-6-18(24)7-5-16/h2-8,11,19,26,31H,9-10,12-14H2,1H3,(H,27,32). The summed E-state index contributed by atoms with van der Waals surface area (Å²) < 4.78 is 13.0. The number of nitrogens with one attached hydrogen (secondary N) is 2. The molecule has 1 aliphatic heterocycles. The van der Waals surface area contributed by atoms with Gasteiger partial charge >= 0.3 is 6.03 Å². The lowest BCUT2D eigenvalue weighted by Crippen LogP contribution is -2.42. The Morgan fingerprint density at radius 3 is 2.74 bits per heavy atom. The molecule has 1 atom stereocenters. The molecule has 178 valence electrons. The molecule has 11 heteroatoms. The van der Waals surface area contributed by atoms with Gasteiger partial charge in [0.2, 0.25) is 0 Å². The summed E-state index contributed by atoms with van der Waals surface area (Å²) in [7, 11) is 0. The number of aliphatic hydroxyl groups is 1. The Morgan fingerprint density at radius 2 is 2.00 bits per heavy atom. The van der Waals surface area contributed by atoms with Gasteiger partial charge in [-0.25, -0.2) is 14.2 Å². The van der Waals surface area contributed by atoms with E-state index in [1.807, 2.05) is 6.07 Å². The fourth-order valence-corrected chi connectivity index (χ4v) is 4.52. The zero-order chi connectivity index (χ0) is 24.1. The fourth-order valence-electron chi connectivity index (χ4n) is 3.51. The summed E-state index contributed by atoms with van der Waals surface area (Å²) in [6, 6.07) is 9.37. The number of benzene rings is 1. The number of carbonyl (C=O) groups excluding carboxylic acids is 2. The first-order valence-corrected chi connectivity index (χ1v) is 11.6.